The summed E-state index contributed by atoms with van der Waals surface area (Å²) in [7, 11) is 0. The number of rotatable bonds is 3. The van der Waals surface area contributed by atoms with Gasteiger partial charge in [-0.25, -0.2) is 0 Å². The van der Waals surface area contributed by atoms with Gasteiger partial charge in [0.05, 0.1) is 22.3 Å². The Morgan fingerprint density at radius 3 is 2.61 bits per heavy atom. The van der Waals surface area contributed by atoms with Crippen LogP contribution in [0.1, 0.15) is 48.2 Å². The minimum Gasteiger partial charge on any atom is -0.487 e. The van der Waals surface area contributed by atoms with E-state index >= 15 is 0 Å². The van der Waals surface area contributed by atoms with E-state index in [2.05, 4.69) is 4.90 Å². The number of ether oxygens (including phenoxy) is 1. The zero-order chi connectivity index (χ0) is 19.9. The third-order valence-corrected chi connectivity index (χ3v) is 6.68. The highest BCUT2D eigenvalue weighted by atomic mass is 35.5. The summed E-state index contributed by atoms with van der Waals surface area (Å²) in [5, 5.41) is 22.2. The van der Waals surface area contributed by atoms with Crippen LogP contribution in [-0.4, -0.2) is 40.3 Å². The highest BCUT2D eigenvalue weighted by Crippen LogP contribution is 2.44. The fourth-order valence-corrected chi connectivity index (χ4v) is 4.58. The van der Waals surface area contributed by atoms with Crippen molar-refractivity contribution in [1.29, 1.82) is 0 Å². The number of hydrogen-bond acceptors (Lipinski definition) is 4. The van der Waals surface area contributed by atoms with Crippen LogP contribution in [0.15, 0.2) is 36.4 Å². The van der Waals surface area contributed by atoms with Crippen molar-refractivity contribution in [2.75, 3.05) is 19.6 Å². The molecule has 2 atom stereocenters. The molecule has 0 radical (unpaired) electrons. The number of nitrogens with zero attached hydrogens (tertiary/aromatic N) is 1. The van der Waals surface area contributed by atoms with Crippen LogP contribution in [-0.2, 0) is 0 Å². The molecule has 2 aliphatic rings. The summed E-state index contributed by atoms with van der Waals surface area (Å²) in [6, 6.07) is 11.2. The summed E-state index contributed by atoms with van der Waals surface area (Å²) in [5.41, 5.74) is 2.46. The van der Waals surface area contributed by atoms with E-state index in [0.29, 0.717) is 23.0 Å². The molecule has 150 valence electrons. The topological polar surface area (TPSA) is 52.9 Å². The number of halogens is 2. The maximum absolute atomic E-state index is 10.7. The fraction of sp³-hybridized carbons (Fsp3) is 0.455. The van der Waals surface area contributed by atoms with Gasteiger partial charge in [0.15, 0.2) is 0 Å². The molecule has 2 aromatic carbocycles. The van der Waals surface area contributed by atoms with E-state index in [1.165, 1.54) is 0 Å². The van der Waals surface area contributed by atoms with Crippen LogP contribution >= 0.6 is 23.2 Å². The Hall–Kier alpha value is -1.30. The Balaban J connectivity index is 1.39. The van der Waals surface area contributed by atoms with Gasteiger partial charge in [0.1, 0.15) is 11.4 Å². The second-order valence-electron chi connectivity index (χ2n) is 8.04. The second-order valence-corrected chi connectivity index (χ2v) is 8.85. The third kappa shape index (κ3) is 4.03. The van der Waals surface area contributed by atoms with Crippen molar-refractivity contribution in [3.63, 3.8) is 0 Å². The largest absolute Gasteiger partial charge is 0.487 e. The van der Waals surface area contributed by atoms with E-state index in [1.54, 1.807) is 12.1 Å². The normalized spacial score (nSPS) is 22.5. The van der Waals surface area contributed by atoms with Crippen molar-refractivity contribution in [2.45, 2.75) is 44.0 Å². The van der Waals surface area contributed by atoms with Crippen molar-refractivity contribution in [2.24, 2.45) is 0 Å². The maximum atomic E-state index is 10.7. The average Bonchev–Trinajstić information content (AvgIpc) is 2.67. The molecule has 2 N–H and O–H groups in total. The smallest absolute Gasteiger partial charge is 0.125 e. The lowest BCUT2D eigenvalue weighted by Gasteiger charge is -2.46. The molecule has 1 saturated heterocycles. The summed E-state index contributed by atoms with van der Waals surface area (Å²) in [4.78, 5) is 2.23. The van der Waals surface area contributed by atoms with Crippen molar-refractivity contribution >= 4 is 23.2 Å². The van der Waals surface area contributed by atoms with Gasteiger partial charge in [-0.05, 0) is 49.6 Å². The highest BCUT2D eigenvalue weighted by molar-refractivity contribution is 6.42. The number of aliphatic hydroxyl groups excluding tert-OH is 2. The summed E-state index contributed by atoms with van der Waals surface area (Å²) in [6.07, 6.45) is 1.16. The molecular formula is C22H25Cl2NO3. The molecule has 0 unspecified atom stereocenters. The molecule has 2 aromatic rings. The van der Waals surface area contributed by atoms with Gasteiger partial charge in [-0.1, -0.05) is 40.9 Å². The number of hydrogen-bond donors (Lipinski definition) is 2. The van der Waals surface area contributed by atoms with Crippen LogP contribution in [0.3, 0.4) is 0 Å². The number of piperidine rings is 1. The van der Waals surface area contributed by atoms with E-state index < -0.39 is 12.2 Å². The molecule has 0 amide bonds. The molecule has 1 fully saturated rings. The van der Waals surface area contributed by atoms with Crippen LogP contribution in [0, 0.1) is 6.92 Å². The first-order valence-corrected chi connectivity index (χ1v) is 10.4. The minimum atomic E-state index is -0.620. The molecule has 4 nitrogen and oxygen atoms in total. The van der Waals surface area contributed by atoms with Gasteiger partial charge in [-0.3, -0.25) is 0 Å². The Bertz CT molecular complexity index is 865. The Kier molecular flexibility index (Phi) is 5.60. The minimum absolute atomic E-state index is 0.327. The van der Waals surface area contributed by atoms with Gasteiger partial charge < -0.3 is 19.8 Å². The molecule has 4 rings (SSSR count). The summed E-state index contributed by atoms with van der Waals surface area (Å²) >= 11 is 12.0. The number of β-amino-alcohol motifs (C(OH)–C–C–N with tert-alkyl or cyclic N) is 1. The molecule has 0 bridgehead atoms. The molecule has 2 aliphatic heterocycles. The van der Waals surface area contributed by atoms with E-state index in [4.69, 9.17) is 27.9 Å². The molecule has 0 aromatic heterocycles. The lowest BCUT2D eigenvalue weighted by Crippen LogP contribution is -2.51. The zero-order valence-corrected chi connectivity index (χ0v) is 17.4. The molecule has 0 saturated carbocycles. The number of benzene rings is 2. The second kappa shape index (κ2) is 7.85. The van der Waals surface area contributed by atoms with Crippen LogP contribution in [0.5, 0.6) is 5.75 Å². The molecule has 1 spiro atoms. The summed E-state index contributed by atoms with van der Waals surface area (Å²) in [6.45, 7) is 4.18. The van der Waals surface area contributed by atoms with Gasteiger partial charge in [0.25, 0.3) is 0 Å². The first kappa shape index (κ1) is 20.0. The summed E-state index contributed by atoms with van der Waals surface area (Å²) < 4.78 is 6.37. The summed E-state index contributed by atoms with van der Waals surface area (Å²) in [5.74, 6) is 0.800. The number of aryl methyl sites for hydroxylation is 1. The molecule has 2 heterocycles. The number of fused-ring (bicyclic) bond motifs is 1. The van der Waals surface area contributed by atoms with E-state index in [0.717, 1.165) is 48.4 Å². The van der Waals surface area contributed by atoms with E-state index in [1.807, 2.05) is 31.2 Å². The fourth-order valence-electron chi connectivity index (χ4n) is 4.28. The van der Waals surface area contributed by atoms with E-state index in [-0.39, 0.29) is 5.60 Å². The number of aliphatic hydroxyl groups is 2. The first-order chi connectivity index (χ1) is 13.3. The quantitative estimate of drug-likeness (QED) is 0.754. The SMILES string of the molecule is Cc1ccc2c(c1)[C@H](O)CC1(CCN(C[C@H](O)c3ccc(Cl)c(Cl)c3)CC1)O2. The standard InChI is InChI=1S/C22H25Cl2NO3/c1-14-2-5-21-16(10-14)19(26)12-22(28-21)6-8-25(9-7-22)13-20(27)15-3-4-17(23)18(24)11-15/h2-5,10-11,19-20,26-27H,6-9,12-13H2,1H3/t19-,20+/m1/s1. The highest BCUT2D eigenvalue weighted by Gasteiger charge is 2.43. The lowest BCUT2D eigenvalue weighted by molar-refractivity contribution is -0.0588. The lowest BCUT2D eigenvalue weighted by atomic mass is 9.81. The van der Waals surface area contributed by atoms with Gasteiger partial charge >= 0.3 is 0 Å². The van der Waals surface area contributed by atoms with Crippen LogP contribution < -0.4 is 4.74 Å². The van der Waals surface area contributed by atoms with Gasteiger partial charge in [-0.2, -0.15) is 0 Å². The molecule has 0 aliphatic carbocycles. The van der Waals surface area contributed by atoms with Crippen molar-refractivity contribution in [3.8, 4) is 5.75 Å². The van der Waals surface area contributed by atoms with Gasteiger partial charge in [0.2, 0.25) is 0 Å². The van der Waals surface area contributed by atoms with Crippen LogP contribution in [0.4, 0.5) is 0 Å². The molecular weight excluding hydrogens is 397 g/mol. The van der Waals surface area contributed by atoms with Crippen LogP contribution in [0.2, 0.25) is 10.0 Å². The van der Waals surface area contributed by atoms with Gasteiger partial charge in [-0.15, -0.1) is 0 Å². The molecule has 28 heavy (non-hydrogen) atoms. The maximum Gasteiger partial charge on any atom is 0.125 e. The first-order valence-electron chi connectivity index (χ1n) is 9.68. The van der Waals surface area contributed by atoms with Crippen LogP contribution in [0.25, 0.3) is 0 Å². The third-order valence-electron chi connectivity index (χ3n) is 5.94. The Labute approximate surface area is 175 Å². The molecule has 6 heteroatoms. The number of likely N-dealkylation sites (tertiary alicyclic amines) is 1. The Morgan fingerprint density at radius 2 is 1.89 bits per heavy atom. The zero-order valence-electron chi connectivity index (χ0n) is 15.9. The van der Waals surface area contributed by atoms with Crippen molar-refractivity contribution < 1.29 is 14.9 Å². The average molecular weight is 422 g/mol. The monoisotopic (exact) mass is 421 g/mol. The van der Waals surface area contributed by atoms with E-state index in [9.17, 15) is 10.2 Å². The van der Waals surface area contributed by atoms with Gasteiger partial charge in [0, 0.05) is 31.6 Å². The predicted octanol–water partition coefficient (Wildman–Crippen LogP) is 4.69. The Morgan fingerprint density at radius 1 is 1.14 bits per heavy atom. The predicted molar refractivity (Wildman–Crippen MR) is 111 cm³/mol. The van der Waals surface area contributed by atoms with Crippen molar-refractivity contribution in [1.82, 2.24) is 4.90 Å². The van der Waals surface area contributed by atoms with Crippen molar-refractivity contribution in [3.05, 3.63) is 63.1 Å².